The molecule has 0 spiro atoms. The highest BCUT2D eigenvalue weighted by Gasteiger charge is 2.26. The molecule has 2 atom stereocenters. The van der Waals surface area contributed by atoms with Crippen LogP contribution in [0.2, 0.25) is 0 Å². The molecule has 0 bridgehead atoms. The van der Waals surface area contributed by atoms with E-state index in [9.17, 15) is 0 Å². The van der Waals surface area contributed by atoms with Crippen LogP contribution in [-0.4, -0.2) is 19.4 Å². The van der Waals surface area contributed by atoms with E-state index in [0.29, 0.717) is 13.2 Å². The van der Waals surface area contributed by atoms with E-state index in [1.165, 1.54) is 11.1 Å². The first-order valence-corrected chi connectivity index (χ1v) is 5.89. The van der Waals surface area contributed by atoms with Gasteiger partial charge < -0.3 is 15.2 Å². The van der Waals surface area contributed by atoms with Crippen LogP contribution >= 0.6 is 0 Å². The van der Waals surface area contributed by atoms with Gasteiger partial charge in [0.15, 0.2) is 6.29 Å². The Morgan fingerprint density at radius 2 is 2.06 bits per heavy atom. The first-order chi connectivity index (χ1) is 7.83. The van der Waals surface area contributed by atoms with E-state index in [4.69, 9.17) is 15.2 Å². The predicted octanol–water partition coefficient (Wildman–Crippen LogP) is 2.01. The quantitative estimate of drug-likeness (QED) is 0.846. The zero-order valence-corrected chi connectivity index (χ0v) is 9.69. The van der Waals surface area contributed by atoms with Gasteiger partial charge in [-0.05, 0) is 24.1 Å². The molecular formula is C13H19NO2. The molecule has 0 saturated carbocycles. The Balaban J connectivity index is 1.97. The Morgan fingerprint density at radius 3 is 2.69 bits per heavy atom. The molecule has 2 unspecified atom stereocenters. The summed E-state index contributed by atoms with van der Waals surface area (Å²) in [6.07, 6.45) is 1.78. The average molecular weight is 221 g/mol. The minimum absolute atomic E-state index is 0.0717. The van der Waals surface area contributed by atoms with Crippen LogP contribution in [0, 0.1) is 0 Å². The van der Waals surface area contributed by atoms with Crippen molar-refractivity contribution in [2.24, 2.45) is 5.73 Å². The SMILES string of the molecule is CCc1ccc(C2COC(CCN)O2)cc1. The van der Waals surface area contributed by atoms with E-state index < -0.39 is 0 Å². The predicted molar refractivity (Wildman–Crippen MR) is 63.1 cm³/mol. The van der Waals surface area contributed by atoms with Gasteiger partial charge in [-0.25, -0.2) is 0 Å². The third-order valence-corrected chi connectivity index (χ3v) is 2.91. The summed E-state index contributed by atoms with van der Waals surface area (Å²) in [5.74, 6) is 0. The molecule has 0 aromatic heterocycles. The van der Waals surface area contributed by atoms with Crippen molar-refractivity contribution in [1.29, 1.82) is 0 Å². The van der Waals surface area contributed by atoms with Crippen LogP contribution in [0.3, 0.4) is 0 Å². The molecule has 3 nitrogen and oxygen atoms in total. The highest BCUT2D eigenvalue weighted by atomic mass is 16.7. The lowest BCUT2D eigenvalue weighted by Crippen LogP contribution is -2.14. The molecule has 0 aliphatic carbocycles. The molecule has 0 radical (unpaired) electrons. The molecule has 88 valence electrons. The molecule has 2 N–H and O–H groups in total. The monoisotopic (exact) mass is 221 g/mol. The highest BCUT2D eigenvalue weighted by Crippen LogP contribution is 2.27. The van der Waals surface area contributed by atoms with Gasteiger partial charge in [-0.1, -0.05) is 31.2 Å². The standard InChI is InChI=1S/C13H19NO2/c1-2-10-3-5-11(6-4-10)12-9-15-13(16-12)7-8-14/h3-6,12-13H,2,7-9,14H2,1H3. The second-order valence-corrected chi connectivity index (χ2v) is 4.06. The van der Waals surface area contributed by atoms with Gasteiger partial charge in [0, 0.05) is 6.42 Å². The zero-order chi connectivity index (χ0) is 11.4. The number of hydrogen-bond donors (Lipinski definition) is 1. The molecule has 1 aromatic carbocycles. The summed E-state index contributed by atoms with van der Waals surface area (Å²) < 4.78 is 11.3. The first kappa shape index (κ1) is 11.6. The summed E-state index contributed by atoms with van der Waals surface area (Å²) in [5, 5.41) is 0. The lowest BCUT2D eigenvalue weighted by molar-refractivity contribution is -0.0606. The van der Waals surface area contributed by atoms with Crippen molar-refractivity contribution in [3.8, 4) is 0 Å². The van der Waals surface area contributed by atoms with Crippen molar-refractivity contribution < 1.29 is 9.47 Å². The lowest BCUT2D eigenvalue weighted by Gasteiger charge is -2.11. The van der Waals surface area contributed by atoms with Crippen LogP contribution in [-0.2, 0) is 15.9 Å². The molecule has 1 aliphatic rings. The van der Waals surface area contributed by atoms with Crippen LogP contribution in [0.1, 0.15) is 30.6 Å². The fourth-order valence-corrected chi connectivity index (χ4v) is 1.89. The number of ether oxygens (including phenoxy) is 2. The maximum atomic E-state index is 5.76. The topological polar surface area (TPSA) is 44.5 Å². The fraction of sp³-hybridized carbons (Fsp3) is 0.538. The highest BCUT2D eigenvalue weighted by molar-refractivity contribution is 5.24. The number of rotatable bonds is 4. The molecule has 1 aliphatic heterocycles. The summed E-state index contributed by atoms with van der Waals surface area (Å²) in [6.45, 7) is 3.39. The second kappa shape index (κ2) is 5.43. The summed E-state index contributed by atoms with van der Waals surface area (Å²) in [5.41, 5.74) is 8.01. The molecule has 1 saturated heterocycles. The van der Waals surface area contributed by atoms with E-state index in [1.54, 1.807) is 0 Å². The van der Waals surface area contributed by atoms with Gasteiger partial charge in [0.05, 0.1) is 6.61 Å². The summed E-state index contributed by atoms with van der Waals surface area (Å²) in [6, 6.07) is 8.54. The molecule has 1 fully saturated rings. The molecule has 0 amide bonds. The summed E-state index contributed by atoms with van der Waals surface area (Å²) in [4.78, 5) is 0. The molecule has 16 heavy (non-hydrogen) atoms. The van der Waals surface area contributed by atoms with E-state index in [0.717, 1.165) is 12.8 Å². The second-order valence-electron chi connectivity index (χ2n) is 4.06. The minimum Gasteiger partial charge on any atom is -0.350 e. The van der Waals surface area contributed by atoms with Crippen molar-refractivity contribution in [2.75, 3.05) is 13.2 Å². The maximum Gasteiger partial charge on any atom is 0.159 e. The number of nitrogens with two attached hydrogens (primary N) is 1. The zero-order valence-electron chi connectivity index (χ0n) is 9.69. The number of hydrogen-bond acceptors (Lipinski definition) is 3. The third kappa shape index (κ3) is 2.61. The van der Waals surface area contributed by atoms with Crippen molar-refractivity contribution >= 4 is 0 Å². The average Bonchev–Trinajstić information content (AvgIpc) is 2.78. The Hall–Kier alpha value is -0.900. The van der Waals surface area contributed by atoms with E-state index in [-0.39, 0.29) is 12.4 Å². The van der Waals surface area contributed by atoms with Gasteiger partial charge in [-0.2, -0.15) is 0 Å². The van der Waals surface area contributed by atoms with Crippen LogP contribution in [0.25, 0.3) is 0 Å². The molecule has 1 aromatic rings. The lowest BCUT2D eigenvalue weighted by atomic mass is 10.1. The van der Waals surface area contributed by atoms with Crippen LogP contribution in [0.15, 0.2) is 24.3 Å². The van der Waals surface area contributed by atoms with E-state index in [2.05, 4.69) is 31.2 Å². The van der Waals surface area contributed by atoms with E-state index in [1.807, 2.05) is 0 Å². The largest absolute Gasteiger partial charge is 0.350 e. The number of benzene rings is 1. The molecule has 1 heterocycles. The van der Waals surface area contributed by atoms with Crippen molar-refractivity contribution in [1.82, 2.24) is 0 Å². The Bertz CT molecular complexity index is 323. The Labute approximate surface area is 96.5 Å². The van der Waals surface area contributed by atoms with Gasteiger partial charge in [0.1, 0.15) is 6.10 Å². The maximum absolute atomic E-state index is 5.76. The Morgan fingerprint density at radius 1 is 1.31 bits per heavy atom. The van der Waals surface area contributed by atoms with Crippen LogP contribution < -0.4 is 5.73 Å². The smallest absolute Gasteiger partial charge is 0.159 e. The molecule has 2 rings (SSSR count). The minimum atomic E-state index is -0.124. The van der Waals surface area contributed by atoms with Crippen LogP contribution in [0.4, 0.5) is 0 Å². The summed E-state index contributed by atoms with van der Waals surface area (Å²) >= 11 is 0. The van der Waals surface area contributed by atoms with Gasteiger partial charge in [0.25, 0.3) is 0 Å². The van der Waals surface area contributed by atoms with Crippen LogP contribution in [0.5, 0.6) is 0 Å². The normalized spacial score (nSPS) is 24.9. The van der Waals surface area contributed by atoms with Gasteiger partial charge in [-0.15, -0.1) is 0 Å². The van der Waals surface area contributed by atoms with Crippen molar-refractivity contribution in [3.63, 3.8) is 0 Å². The summed E-state index contributed by atoms with van der Waals surface area (Å²) in [7, 11) is 0. The molecular weight excluding hydrogens is 202 g/mol. The van der Waals surface area contributed by atoms with Crippen molar-refractivity contribution in [3.05, 3.63) is 35.4 Å². The van der Waals surface area contributed by atoms with E-state index >= 15 is 0 Å². The van der Waals surface area contributed by atoms with Gasteiger partial charge in [-0.3, -0.25) is 0 Å². The third-order valence-electron chi connectivity index (χ3n) is 2.91. The first-order valence-electron chi connectivity index (χ1n) is 5.89. The fourth-order valence-electron chi connectivity index (χ4n) is 1.89. The van der Waals surface area contributed by atoms with Gasteiger partial charge in [0.2, 0.25) is 0 Å². The van der Waals surface area contributed by atoms with Crippen molar-refractivity contribution in [2.45, 2.75) is 32.2 Å². The van der Waals surface area contributed by atoms with Gasteiger partial charge >= 0.3 is 0 Å². The molecule has 3 heteroatoms. The number of aryl methyl sites for hydroxylation is 1. The Kier molecular flexibility index (Phi) is 3.93.